The average molecular weight is 332 g/mol. The number of hydrogen-bond donors (Lipinski definition) is 1. The molecule has 0 saturated carbocycles. The standard InChI is InChI=1S/C23H28N2/c1-5-16-14-24-22(19(16)7-3)21(18-12-10-9-11-13-18)23-20(8-4)17(6-2)15-25-23/h9-15,24H,5-8H2,1-4H3/b23-21+. The first-order chi connectivity index (χ1) is 12.2. The lowest BCUT2D eigenvalue weighted by Gasteiger charge is -2.15. The van der Waals surface area contributed by atoms with E-state index < -0.39 is 0 Å². The van der Waals surface area contributed by atoms with Gasteiger partial charge in [0.15, 0.2) is 0 Å². The Kier molecular flexibility index (Phi) is 5.37. The Hall–Kier alpha value is -2.35. The number of aromatic nitrogens is 1. The quantitative estimate of drug-likeness (QED) is 0.662. The highest BCUT2D eigenvalue weighted by Crippen LogP contribution is 2.38. The third kappa shape index (κ3) is 3.13. The largest absolute Gasteiger partial charge is 0.361 e. The van der Waals surface area contributed by atoms with E-state index in [2.05, 4.69) is 75.4 Å². The number of hydrogen-bond acceptors (Lipinski definition) is 1. The van der Waals surface area contributed by atoms with Gasteiger partial charge in [-0.3, -0.25) is 4.99 Å². The average Bonchev–Trinajstić information content (AvgIpc) is 3.26. The summed E-state index contributed by atoms with van der Waals surface area (Å²) < 4.78 is 0. The van der Waals surface area contributed by atoms with Gasteiger partial charge >= 0.3 is 0 Å². The zero-order valence-electron chi connectivity index (χ0n) is 15.8. The first-order valence-corrected chi connectivity index (χ1v) is 9.50. The maximum Gasteiger partial charge on any atom is 0.0764 e. The number of nitrogens with zero attached hydrogens (tertiary/aromatic N) is 1. The summed E-state index contributed by atoms with van der Waals surface area (Å²) in [7, 11) is 0. The number of rotatable bonds is 6. The molecule has 0 radical (unpaired) electrons. The Morgan fingerprint density at radius 3 is 2.28 bits per heavy atom. The summed E-state index contributed by atoms with van der Waals surface area (Å²) in [5, 5.41) is 0. The fraction of sp³-hybridized carbons (Fsp3) is 0.348. The molecule has 0 fully saturated rings. The molecular weight excluding hydrogens is 304 g/mol. The number of benzene rings is 1. The molecule has 2 heterocycles. The molecule has 1 aromatic carbocycles. The number of H-pyrrole nitrogens is 1. The Labute approximate surface area is 151 Å². The van der Waals surface area contributed by atoms with Gasteiger partial charge in [-0.25, -0.2) is 0 Å². The Morgan fingerprint density at radius 1 is 0.920 bits per heavy atom. The molecule has 2 aromatic rings. The second-order valence-electron chi connectivity index (χ2n) is 6.43. The second kappa shape index (κ2) is 7.69. The topological polar surface area (TPSA) is 28.1 Å². The van der Waals surface area contributed by atoms with Gasteiger partial charge in [-0.15, -0.1) is 0 Å². The van der Waals surface area contributed by atoms with E-state index in [1.807, 2.05) is 0 Å². The molecule has 1 N–H and O–H groups in total. The summed E-state index contributed by atoms with van der Waals surface area (Å²) in [6.45, 7) is 8.91. The predicted molar refractivity (Wildman–Crippen MR) is 108 cm³/mol. The van der Waals surface area contributed by atoms with Crippen molar-refractivity contribution in [3.63, 3.8) is 0 Å². The summed E-state index contributed by atoms with van der Waals surface area (Å²) in [6, 6.07) is 10.7. The fourth-order valence-corrected chi connectivity index (χ4v) is 3.81. The first kappa shape index (κ1) is 17.5. The van der Waals surface area contributed by atoms with Crippen molar-refractivity contribution in [1.29, 1.82) is 0 Å². The number of allylic oxidation sites excluding steroid dienone is 2. The number of nitrogens with one attached hydrogen (secondary N) is 1. The van der Waals surface area contributed by atoms with Crippen LogP contribution in [0.3, 0.4) is 0 Å². The van der Waals surface area contributed by atoms with E-state index in [0.29, 0.717) is 0 Å². The molecule has 3 rings (SSSR count). The van der Waals surface area contributed by atoms with E-state index in [1.54, 1.807) is 0 Å². The highest BCUT2D eigenvalue weighted by molar-refractivity contribution is 5.93. The van der Waals surface area contributed by atoms with Crippen molar-refractivity contribution in [3.05, 3.63) is 75.8 Å². The number of aryl methyl sites for hydroxylation is 1. The SMILES string of the molecule is CCC1=C(CC)/C(=C(/c2ccccc2)c2[nH]cc(CC)c2CC)N=C1. The van der Waals surface area contributed by atoms with E-state index in [9.17, 15) is 0 Å². The molecule has 0 spiro atoms. The van der Waals surface area contributed by atoms with Crippen molar-refractivity contribution >= 4 is 11.8 Å². The molecule has 0 amide bonds. The maximum atomic E-state index is 4.86. The van der Waals surface area contributed by atoms with Gasteiger partial charge in [-0.1, -0.05) is 58.0 Å². The van der Waals surface area contributed by atoms with Gasteiger partial charge in [0.05, 0.1) is 11.4 Å². The zero-order valence-corrected chi connectivity index (χ0v) is 15.8. The highest BCUT2D eigenvalue weighted by Gasteiger charge is 2.23. The van der Waals surface area contributed by atoms with Gasteiger partial charge in [-0.05, 0) is 53.5 Å². The molecule has 2 heteroatoms. The maximum absolute atomic E-state index is 4.86. The smallest absolute Gasteiger partial charge is 0.0764 e. The van der Waals surface area contributed by atoms with Gasteiger partial charge in [0, 0.05) is 18.0 Å². The molecule has 0 saturated heterocycles. The van der Waals surface area contributed by atoms with Crippen LogP contribution in [-0.2, 0) is 12.8 Å². The van der Waals surface area contributed by atoms with Gasteiger partial charge < -0.3 is 4.98 Å². The van der Waals surface area contributed by atoms with Crippen LogP contribution in [0, 0.1) is 0 Å². The molecular formula is C23H28N2. The lowest BCUT2D eigenvalue weighted by molar-refractivity contribution is 1.04. The van der Waals surface area contributed by atoms with Crippen LogP contribution < -0.4 is 0 Å². The molecule has 2 nitrogen and oxygen atoms in total. The predicted octanol–water partition coefficient (Wildman–Crippen LogP) is 6.10. The number of aliphatic imine (C=N–C) groups is 1. The summed E-state index contributed by atoms with van der Waals surface area (Å²) in [5.74, 6) is 0. The monoisotopic (exact) mass is 332 g/mol. The summed E-state index contributed by atoms with van der Waals surface area (Å²) >= 11 is 0. The van der Waals surface area contributed by atoms with Crippen molar-refractivity contribution in [2.24, 2.45) is 4.99 Å². The van der Waals surface area contributed by atoms with E-state index in [0.717, 1.165) is 31.4 Å². The van der Waals surface area contributed by atoms with E-state index in [4.69, 9.17) is 4.99 Å². The minimum atomic E-state index is 1.01. The van der Waals surface area contributed by atoms with Gasteiger partial charge in [0.1, 0.15) is 0 Å². The lowest BCUT2D eigenvalue weighted by atomic mass is 9.91. The molecule has 0 unspecified atom stereocenters. The highest BCUT2D eigenvalue weighted by atomic mass is 14.8. The number of aromatic amines is 1. The van der Waals surface area contributed by atoms with Gasteiger partial charge in [0.25, 0.3) is 0 Å². The Balaban J connectivity index is 2.30. The van der Waals surface area contributed by atoms with Crippen LogP contribution >= 0.6 is 0 Å². The zero-order chi connectivity index (χ0) is 17.8. The van der Waals surface area contributed by atoms with Crippen LogP contribution in [0.1, 0.15) is 62.9 Å². The minimum Gasteiger partial charge on any atom is -0.361 e. The summed E-state index contributed by atoms with van der Waals surface area (Å²) in [4.78, 5) is 8.44. The van der Waals surface area contributed by atoms with E-state index in [-0.39, 0.29) is 0 Å². The molecule has 130 valence electrons. The van der Waals surface area contributed by atoms with Crippen molar-refractivity contribution in [3.8, 4) is 0 Å². The molecule has 1 aromatic heterocycles. The van der Waals surface area contributed by atoms with Crippen LogP contribution in [0.5, 0.6) is 0 Å². The van der Waals surface area contributed by atoms with E-state index in [1.165, 1.54) is 39.1 Å². The minimum absolute atomic E-state index is 1.01. The van der Waals surface area contributed by atoms with Crippen LogP contribution in [0.15, 0.2) is 58.4 Å². The molecule has 0 bridgehead atoms. The van der Waals surface area contributed by atoms with Crippen LogP contribution in [0.25, 0.3) is 5.57 Å². The Bertz CT molecular complexity index is 832. The van der Waals surface area contributed by atoms with E-state index >= 15 is 0 Å². The van der Waals surface area contributed by atoms with Gasteiger partial charge in [-0.2, -0.15) is 0 Å². The van der Waals surface area contributed by atoms with Crippen LogP contribution in [0.2, 0.25) is 0 Å². The summed E-state index contributed by atoms with van der Waals surface area (Å²) in [5.41, 5.74) is 10.4. The third-order valence-electron chi connectivity index (χ3n) is 5.12. The van der Waals surface area contributed by atoms with Crippen molar-refractivity contribution < 1.29 is 0 Å². The molecule has 1 aliphatic heterocycles. The van der Waals surface area contributed by atoms with Crippen LogP contribution in [-0.4, -0.2) is 11.2 Å². The lowest BCUT2D eigenvalue weighted by Crippen LogP contribution is -1.99. The molecule has 1 aliphatic rings. The van der Waals surface area contributed by atoms with Crippen molar-refractivity contribution in [2.45, 2.75) is 53.4 Å². The summed E-state index contributed by atoms with van der Waals surface area (Å²) in [6.07, 6.45) is 8.36. The van der Waals surface area contributed by atoms with Gasteiger partial charge in [0.2, 0.25) is 0 Å². The molecule has 0 aliphatic carbocycles. The van der Waals surface area contributed by atoms with Crippen LogP contribution in [0.4, 0.5) is 0 Å². The first-order valence-electron chi connectivity index (χ1n) is 9.50. The fourth-order valence-electron chi connectivity index (χ4n) is 3.81. The van der Waals surface area contributed by atoms with Crippen molar-refractivity contribution in [1.82, 2.24) is 4.98 Å². The Morgan fingerprint density at radius 2 is 1.68 bits per heavy atom. The third-order valence-corrected chi connectivity index (χ3v) is 5.12. The van der Waals surface area contributed by atoms with Crippen molar-refractivity contribution in [2.75, 3.05) is 0 Å². The normalized spacial score (nSPS) is 16.0. The second-order valence-corrected chi connectivity index (χ2v) is 6.43. The molecule has 0 atom stereocenters. The molecule has 25 heavy (non-hydrogen) atoms.